The van der Waals surface area contributed by atoms with Gasteiger partial charge in [0.25, 0.3) is 0 Å². The highest BCUT2D eigenvalue weighted by Crippen LogP contribution is 2.32. The Labute approximate surface area is 91.9 Å². The van der Waals surface area contributed by atoms with Gasteiger partial charge in [-0.15, -0.1) is 0 Å². The fraction of sp³-hybridized carbons (Fsp3) is 0.455. The number of hydrogen-bond donors (Lipinski definition) is 2. The van der Waals surface area contributed by atoms with E-state index in [1.165, 1.54) is 13.0 Å². The summed E-state index contributed by atoms with van der Waals surface area (Å²) in [5, 5.41) is 9.27. The number of benzene rings is 1. The Balaban J connectivity index is 2.99. The second-order valence-corrected chi connectivity index (χ2v) is 3.74. The first-order valence-corrected chi connectivity index (χ1v) is 4.89. The minimum atomic E-state index is -4.35. The van der Waals surface area contributed by atoms with Crippen LogP contribution in [0.3, 0.4) is 0 Å². The lowest BCUT2D eigenvalue weighted by Gasteiger charge is -2.13. The normalized spacial score (nSPS) is 13.9. The number of rotatable bonds is 3. The Hall–Kier alpha value is -1.07. The summed E-state index contributed by atoms with van der Waals surface area (Å²) in [6.07, 6.45) is -5.02. The second kappa shape index (κ2) is 4.84. The van der Waals surface area contributed by atoms with Crippen LogP contribution in [0, 0.1) is 6.92 Å². The predicted octanol–water partition coefficient (Wildman–Crippen LogP) is 1.88. The summed E-state index contributed by atoms with van der Waals surface area (Å²) in [6.45, 7) is 1.45. The van der Waals surface area contributed by atoms with Gasteiger partial charge in [0.05, 0.1) is 11.7 Å². The molecule has 0 spiro atoms. The first-order valence-electron chi connectivity index (χ1n) is 4.89. The van der Waals surface area contributed by atoms with Crippen molar-refractivity contribution in [2.75, 3.05) is 6.54 Å². The summed E-state index contributed by atoms with van der Waals surface area (Å²) in [5.74, 6) is 0. The smallest absolute Gasteiger partial charge is 0.391 e. The maximum atomic E-state index is 12.6. The van der Waals surface area contributed by atoms with Crippen LogP contribution in [0.4, 0.5) is 13.2 Å². The maximum Gasteiger partial charge on any atom is 0.416 e. The molecule has 16 heavy (non-hydrogen) atoms. The molecule has 0 radical (unpaired) electrons. The average Bonchev–Trinajstić information content (AvgIpc) is 2.19. The average molecular weight is 233 g/mol. The van der Waals surface area contributed by atoms with Crippen molar-refractivity contribution >= 4 is 0 Å². The van der Waals surface area contributed by atoms with Gasteiger partial charge in [-0.05, 0) is 30.5 Å². The van der Waals surface area contributed by atoms with Crippen molar-refractivity contribution in [3.8, 4) is 0 Å². The van der Waals surface area contributed by atoms with Crippen LogP contribution in [-0.2, 0) is 12.6 Å². The molecule has 0 aliphatic heterocycles. The molecule has 5 heteroatoms. The molecule has 90 valence electrons. The van der Waals surface area contributed by atoms with Crippen LogP contribution in [0.1, 0.15) is 16.7 Å². The number of alkyl halides is 3. The van der Waals surface area contributed by atoms with E-state index in [1.807, 2.05) is 0 Å². The van der Waals surface area contributed by atoms with Gasteiger partial charge in [-0.3, -0.25) is 0 Å². The van der Waals surface area contributed by atoms with E-state index in [9.17, 15) is 18.3 Å². The van der Waals surface area contributed by atoms with E-state index in [2.05, 4.69) is 0 Å². The summed E-state index contributed by atoms with van der Waals surface area (Å²) in [5.41, 5.74) is 5.16. The summed E-state index contributed by atoms with van der Waals surface area (Å²) >= 11 is 0. The van der Waals surface area contributed by atoms with Crippen molar-refractivity contribution in [2.45, 2.75) is 25.6 Å². The van der Waals surface area contributed by atoms with Crippen molar-refractivity contribution in [1.82, 2.24) is 0 Å². The number of hydrogen-bond acceptors (Lipinski definition) is 2. The van der Waals surface area contributed by atoms with Gasteiger partial charge in [0.2, 0.25) is 0 Å². The zero-order valence-corrected chi connectivity index (χ0v) is 8.88. The van der Waals surface area contributed by atoms with Gasteiger partial charge in [0.15, 0.2) is 0 Å². The molecule has 0 aromatic heterocycles. The highest BCUT2D eigenvalue weighted by molar-refractivity contribution is 5.33. The SMILES string of the molecule is Cc1ccc(CC(O)CN)cc1C(F)(F)F. The lowest BCUT2D eigenvalue weighted by atomic mass is 10.0. The molecule has 0 saturated heterocycles. The fourth-order valence-electron chi connectivity index (χ4n) is 1.46. The van der Waals surface area contributed by atoms with E-state index in [-0.39, 0.29) is 18.5 Å². The van der Waals surface area contributed by atoms with E-state index in [0.29, 0.717) is 5.56 Å². The molecule has 1 unspecified atom stereocenters. The van der Waals surface area contributed by atoms with Gasteiger partial charge < -0.3 is 10.8 Å². The van der Waals surface area contributed by atoms with Gasteiger partial charge in [0.1, 0.15) is 0 Å². The molecule has 2 nitrogen and oxygen atoms in total. The molecule has 0 fully saturated rings. The lowest BCUT2D eigenvalue weighted by molar-refractivity contribution is -0.138. The lowest BCUT2D eigenvalue weighted by Crippen LogP contribution is -2.22. The fourth-order valence-corrected chi connectivity index (χ4v) is 1.46. The Kier molecular flexibility index (Phi) is 3.93. The van der Waals surface area contributed by atoms with Crippen LogP contribution in [0.25, 0.3) is 0 Å². The van der Waals surface area contributed by atoms with Gasteiger partial charge in [-0.1, -0.05) is 12.1 Å². The second-order valence-electron chi connectivity index (χ2n) is 3.74. The number of aryl methyl sites for hydroxylation is 1. The monoisotopic (exact) mass is 233 g/mol. The summed E-state index contributed by atoms with van der Waals surface area (Å²) in [6, 6.07) is 4.04. The van der Waals surface area contributed by atoms with Crippen LogP contribution >= 0.6 is 0 Å². The molecule has 1 atom stereocenters. The molecule has 1 aromatic rings. The molecule has 0 aliphatic rings. The topological polar surface area (TPSA) is 46.2 Å². The van der Waals surface area contributed by atoms with Crippen molar-refractivity contribution in [3.05, 3.63) is 34.9 Å². The van der Waals surface area contributed by atoms with Crippen LogP contribution in [0.2, 0.25) is 0 Å². The standard InChI is InChI=1S/C11H14F3NO/c1-7-2-3-8(4-9(16)6-15)5-10(7)11(12,13)14/h2-3,5,9,16H,4,6,15H2,1H3. The minimum absolute atomic E-state index is 0.0369. The Bertz CT molecular complexity index is 363. The van der Waals surface area contributed by atoms with Gasteiger partial charge >= 0.3 is 6.18 Å². The van der Waals surface area contributed by atoms with Crippen molar-refractivity contribution in [3.63, 3.8) is 0 Å². The molecule has 1 aromatic carbocycles. The first-order chi connectivity index (χ1) is 7.34. The Morgan fingerprint density at radius 1 is 1.38 bits per heavy atom. The van der Waals surface area contributed by atoms with Crippen molar-refractivity contribution in [1.29, 1.82) is 0 Å². The Morgan fingerprint density at radius 2 is 2.00 bits per heavy atom. The molecule has 0 aliphatic carbocycles. The molecular formula is C11H14F3NO. The Morgan fingerprint density at radius 3 is 2.50 bits per heavy atom. The molecule has 1 rings (SSSR count). The highest BCUT2D eigenvalue weighted by Gasteiger charge is 2.32. The van der Waals surface area contributed by atoms with E-state index in [4.69, 9.17) is 5.73 Å². The van der Waals surface area contributed by atoms with E-state index >= 15 is 0 Å². The van der Waals surface area contributed by atoms with Gasteiger partial charge in [-0.2, -0.15) is 13.2 Å². The molecule has 3 N–H and O–H groups in total. The van der Waals surface area contributed by atoms with Gasteiger partial charge in [0, 0.05) is 6.54 Å². The predicted molar refractivity (Wildman–Crippen MR) is 54.9 cm³/mol. The largest absolute Gasteiger partial charge is 0.416 e. The minimum Gasteiger partial charge on any atom is -0.391 e. The number of halogens is 3. The van der Waals surface area contributed by atoms with Crippen LogP contribution in [-0.4, -0.2) is 17.8 Å². The van der Waals surface area contributed by atoms with E-state index < -0.39 is 17.8 Å². The molecule has 0 saturated carbocycles. The van der Waals surface area contributed by atoms with Crippen molar-refractivity contribution in [2.24, 2.45) is 5.73 Å². The molecule has 0 amide bonds. The summed E-state index contributed by atoms with van der Waals surface area (Å²) in [4.78, 5) is 0. The zero-order valence-electron chi connectivity index (χ0n) is 8.88. The van der Waals surface area contributed by atoms with Crippen LogP contribution < -0.4 is 5.73 Å². The molecular weight excluding hydrogens is 219 g/mol. The quantitative estimate of drug-likeness (QED) is 0.837. The third-order valence-electron chi connectivity index (χ3n) is 2.35. The zero-order chi connectivity index (χ0) is 12.3. The van der Waals surface area contributed by atoms with E-state index in [0.717, 1.165) is 6.07 Å². The van der Waals surface area contributed by atoms with Crippen LogP contribution in [0.15, 0.2) is 18.2 Å². The van der Waals surface area contributed by atoms with Crippen LogP contribution in [0.5, 0.6) is 0 Å². The summed E-state index contributed by atoms with van der Waals surface area (Å²) in [7, 11) is 0. The van der Waals surface area contributed by atoms with Crippen molar-refractivity contribution < 1.29 is 18.3 Å². The third kappa shape index (κ3) is 3.21. The number of aliphatic hydroxyl groups is 1. The summed E-state index contributed by atoms with van der Waals surface area (Å²) < 4.78 is 37.7. The molecule has 0 heterocycles. The third-order valence-corrected chi connectivity index (χ3v) is 2.35. The maximum absolute atomic E-state index is 12.6. The number of aliphatic hydroxyl groups excluding tert-OH is 1. The first kappa shape index (κ1) is 13.0. The number of nitrogens with two attached hydrogens (primary N) is 1. The van der Waals surface area contributed by atoms with E-state index in [1.54, 1.807) is 6.07 Å². The molecule has 0 bridgehead atoms. The highest BCUT2D eigenvalue weighted by atomic mass is 19.4. The van der Waals surface area contributed by atoms with Gasteiger partial charge in [-0.25, -0.2) is 0 Å².